The number of terminal acetylenes is 1. The van der Waals surface area contributed by atoms with Crippen molar-refractivity contribution in [1.29, 1.82) is 0 Å². The molecule has 1 aliphatic rings. The zero-order chi connectivity index (χ0) is 19.6. The van der Waals surface area contributed by atoms with Crippen molar-refractivity contribution in [2.75, 3.05) is 6.61 Å². The van der Waals surface area contributed by atoms with Gasteiger partial charge >= 0.3 is 5.97 Å². The summed E-state index contributed by atoms with van der Waals surface area (Å²) >= 11 is 0. The van der Waals surface area contributed by atoms with Gasteiger partial charge in [0, 0.05) is 12.5 Å². The summed E-state index contributed by atoms with van der Waals surface area (Å²) in [6.07, 6.45) is 13.8. The molecule has 1 aromatic rings. The molecule has 4 nitrogen and oxygen atoms in total. The minimum absolute atomic E-state index is 0.110. The number of carbonyl (C=O) groups is 2. The molecule has 6 heteroatoms. The number of ether oxygens (including phenoxy) is 1. The summed E-state index contributed by atoms with van der Waals surface area (Å²) in [6.45, 7) is -0.249. The fourth-order valence-corrected chi connectivity index (χ4v) is 3.14. The van der Waals surface area contributed by atoms with Crippen molar-refractivity contribution in [2.24, 2.45) is 5.92 Å². The van der Waals surface area contributed by atoms with Gasteiger partial charge in [0.2, 0.25) is 5.91 Å². The summed E-state index contributed by atoms with van der Waals surface area (Å²) in [7, 11) is 0. The van der Waals surface area contributed by atoms with Crippen LogP contribution in [0, 0.1) is 29.9 Å². The predicted molar refractivity (Wildman–Crippen MR) is 97.5 cm³/mol. The third-order valence-electron chi connectivity index (χ3n) is 4.43. The maximum Gasteiger partial charge on any atom is 0.329 e. The molecular formula is C21H23F2NO3. The Morgan fingerprint density at radius 1 is 1.22 bits per heavy atom. The monoisotopic (exact) mass is 375 g/mol. The molecule has 1 atom stereocenters. The van der Waals surface area contributed by atoms with Gasteiger partial charge in [0.25, 0.3) is 0 Å². The maximum absolute atomic E-state index is 13.4. The summed E-state index contributed by atoms with van der Waals surface area (Å²) in [5.74, 6) is -0.208. The van der Waals surface area contributed by atoms with E-state index in [4.69, 9.17) is 11.2 Å². The normalized spacial score (nSPS) is 15.9. The summed E-state index contributed by atoms with van der Waals surface area (Å²) < 4.78 is 31.7. The van der Waals surface area contributed by atoms with Crippen molar-refractivity contribution in [3.8, 4) is 12.3 Å². The number of hydrogen-bond acceptors (Lipinski definition) is 3. The van der Waals surface area contributed by atoms with Gasteiger partial charge in [-0.3, -0.25) is 4.79 Å². The molecule has 1 N–H and O–H groups in total. The molecule has 0 spiro atoms. The molecule has 0 radical (unpaired) electrons. The van der Waals surface area contributed by atoms with Crippen LogP contribution in [0.15, 0.2) is 30.4 Å². The minimum Gasteiger partial charge on any atom is -0.451 e. The van der Waals surface area contributed by atoms with E-state index in [1.165, 1.54) is 12.5 Å². The molecule has 0 aromatic heterocycles. The largest absolute Gasteiger partial charge is 0.451 e. The Morgan fingerprint density at radius 2 is 1.89 bits per heavy atom. The van der Waals surface area contributed by atoms with Crippen molar-refractivity contribution in [1.82, 2.24) is 5.32 Å². The van der Waals surface area contributed by atoms with E-state index >= 15 is 0 Å². The van der Waals surface area contributed by atoms with Gasteiger partial charge in [-0.15, -0.1) is 6.42 Å². The van der Waals surface area contributed by atoms with Crippen molar-refractivity contribution < 1.29 is 23.1 Å². The standard InChI is InChI=1S/C21H23F2NO3/c1-2-10-27-21(26)19(13-16-11-17(22)14-18(23)12-16)24-20(25)9-8-15-6-4-3-5-7-15/h1,8-9,11-12,14-15,19H,3-7,10,13H2,(H,24,25)/b9-8+/t19-/m0/s1. The quantitative estimate of drug-likeness (QED) is 0.452. The smallest absolute Gasteiger partial charge is 0.329 e. The number of carbonyl (C=O) groups excluding carboxylic acids is 2. The highest BCUT2D eigenvalue weighted by Gasteiger charge is 2.23. The molecule has 1 saturated carbocycles. The Labute approximate surface area is 158 Å². The Balaban J connectivity index is 2.04. The third kappa shape index (κ3) is 7.22. The highest BCUT2D eigenvalue weighted by Crippen LogP contribution is 2.24. The number of halogens is 2. The van der Waals surface area contributed by atoms with Crippen LogP contribution in [0.4, 0.5) is 8.78 Å². The lowest BCUT2D eigenvalue weighted by molar-refractivity contribution is -0.146. The zero-order valence-electron chi connectivity index (χ0n) is 15.0. The van der Waals surface area contributed by atoms with Gasteiger partial charge in [-0.25, -0.2) is 13.6 Å². The van der Waals surface area contributed by atoms with E-state index in [9.17, 15) is 18.4 Å². The van der Waals surface area contributed by atoms with Crippen molar-refractivity contribution in [3.63, 3.8) is 0 Å². The lowest BCUT2D eigenvalue weighted by Crippen LogP contribution is -2.42. The first-order valence-corrected chi connectivity index (χ1v) is 9.01. The van der Waals surface area contributed by atoms with Crippen molar-refractivity contribution >= 4 is 11.9 Å². The third-order valence-corrected chi connectivity index (χ3v) is 4.43. The number of nitrogens with one attached hydrogen (secondary N) is 1. The highest BCUT2D eigenvalue weighted by atomic mass is 19.1. The fourth-order valence-electron chi connectivity index (χ4n) is 3.14. The molecule has 1 fully saturated rings. The van der Waals surface area contributed by atoms with Crippen LogP contribution < -0.4 is 5.32 Å². The van der Waals surface area contributed by atoms with E-state index in [1.54, 1.807) is 0 Å². The number of allylic oxidation sites excluding steroid dienone is 1. The number of rotatable bonds is 7. The fraction of sp³-hybridized carbons (Fsp3) is 0.429. The topological polar surface area (TPSA) is 55.4 Å². The van der Waals surface area contributed by atoms with Gasteiger partial charge in [0.05, 0.1) is 0 Å². The van der Waals surface area contributed by atoms with Crippen LogP contribution in [0.25, 0.3) is 0 Å². The summed E-state index contributed by atoms with van der Waals surface area (Å²) in [5.41, 5.74) is 0.228. The van der Waals surface area contributed by atoms with Crippen LogP contribution in [0.2, 0.25) is 0 Å². The SMILES string of the molecule is C#CCOC(=O)[C@H](Cc1cc(F)cc(F)c1)NC(=O)/C=C/C1CCCCC1. The molecule has 1 aromatic carbocycles. The molecule has 0 bridgehead atoms. The van der Waals surface area contributed by atoms with Gasteiger partial charge in [0.15, 0.2) is 6.61 Å². The number of hydrogen-bond donors (Lipinski definition) is 1. The molecule has 144 valence electrons. The van der Waals surface area contributed by atoms with E-state index in [0.717, 1.165) is 43.9 Å². The molecule has 0 aliphatic heterocycles. The van der Waals surface area contributed by atoms with E-state index in [-0.39, 0.29) is 18.6 Å². The van der Waals surface area contributed by atoms with Crippen LogP contribution in [0.1, 0.15) is 37.7 Å². The maximum atomic E-state index is 13.4. The van der Waals surface area contributed by atoms with E-state index in [2.05, 4.69) is 11.2 Å². The first-order valence-electron chi connectivity index (χ1n) is 9.01. The lowest BCUT2D eigenvalue weighted by Gasteiger charge is -2.18. The average molecular weight is 375 g/mol. The number of benzene rings is 1. The lowest BCUT2D eigenvalue weighted by atomic mass is 9.89. The van der Waals surface area contributed by atoms with E-state index in [0.29, 0.717) is 5.92 Å². The van der Waals surface area contributed by atoms with Crippen LogP contribution >= 0.6 is 0 Å². The molecule has 0 unspecified atom stereocenters. The molecular weight excluding hydrogens is 352 g/mol. The summed E-state index contributed by atoms with van der Waals surface area (Å²) in [5, 5.41) is 2.54. The molecule has 1 aliphatic carbocycles. The van der Waals surface area contributed by atoms with Crippen LogP contribution in [0.5, 0.6) is 0 Å². The van der Waals surface area contributed by atoms with Gasteiger partial charge in [0.1, 0.15) is 17.7 Å². The Morgan fingerprint density at radius 3 is 2.52 bits per heavy atom. The number of amides is 1. The van der Waals surface area contributed by atoms with Crippen molar-refractivity contribution in [2.45, 2.75) is 44.6 Å². The molecule has 0 saturated heterocycles. The molecule has 2 rings (SSSR count). The van der Waals surface area contributed by atoms with Crippen LogP contribution in [-0.4, -0.2) is 24.5 Å². The van der Waals surface area contributed by atoms with Gasteiger partial charge < -0.3 is 10.1 Å². The predicted octanol–water partition coefficient (Wildman–Crippen LogP) is 3.31. The molecule has 27 heavy (non-hydrogen) atoms. The Kier molecular flexibility index (Phi) is 8.00. The second kappa shape index (κ2) is 10.5. The Hall–Kier alpha value is -2.68. The minimum atomic E-state index is -1.09. The Bertz CT molecular complexity index is 713. The van der Waals surface area contributed by atoms with Crippen molar-refractivity contribution in [3.05, 3.63) is 47.5 Å². The molecule has 1 amide bonds. The highest BCUT2D eigenvalue weighted by molar-refractivity contribution is 5.91. The number of esters is 1. The molecule has 0 heterocycles. The van der Waals surface area contributed by atoms with Gasteiger partial charge in [-0.05, 0) is 42.5 Å². The van der Waals surface area contributed by atoms with Gasteiger partial charge in [-0.1, -0.05) is 31.3 Å². The average Bonchev–Trinajstić information content (AvgIpc) is 2.64. The second-order valence-electron chi connectivity index (χ2n) is 6.61. The first-order chi connectivity index (χ1) is 13.0. The van der Waals surface area contributed by atoms with Crippen LogP contribution in [0.3, 0.4) is 0 Å². The van der Waals surface area contributed by atoms with Gasteiger partial charge in [-0.2, -0.15) is 0 Å². The summed E-state index contributed by atoms with van der Waals surface area (Å²) in [4.78, 5) is 24.4. The van der Waals surface area contributed by atoms with E-state index < -0.39 is 29.6 Å². The first kappa shape index (κ1) is 20.6. The van der Waals surface area contributed by atoms with Crippen LogP contribution in [-0.2, 0) is 20.7 Å². The van der Waals surface area contributed by atoms with E-state index in [1.807, 2.05) is 6.08 Å². The second-order valence-corrected chi connectivity index (χ2v) is 6.61. The zero-order valence-corrected chi connectivity index (χ0v) is 15.0. The summed E-state index contributed by atoms with van der Waals surface area (Å²) in [6, 6.07) is 1.85.